The largest absolute Gasteiger partial charge is 0.322 e. The van der Waals surface area contributed by atoms with Crippen LogP contribution in [0, 0.1) is 0 Å². The molecule has 2 aromatic rings. The van der Waals surface area contributed by atoms with Gasteiger partial charge in [0.15, 0.2) is 0 Å². The zero-order valence-electron chi connectivity index (χ0n) is 10.3. The van der Waals surface area contributed by atoms with Crippen molar-refractivity contribution in [2.45, 2.75) is 18.9 Å². The van der Waals surface area contributed by atoms with Crippen LogP contribution in [0.1, 0.15) is 12.8 Å². The quantitative estimate of drug-likeness (QED) is 0.820. The lowest BCUT2D eigenvalue weighted by Gasteiger charge is -2.07. The maximum absolute atomic E-state index is 4.64. The molecule has 0 aliphatic carbocycles. The molecule has 3 rings (SSSR count). The lowest BCUT2D eigenvalue weighted by Crippen LogP contribution is -2.22. The van der Waals surface area contributed by atoms with Crippen molar-refractivity contribution in [2.24, 2.45) is 4.99 Å². The Labute approximate surface area is 107 Å². The van der Waals surface area contributed by atoms with Gasteiger partial charge in [-0.25, -0.2) is 0 Å². The molecule has 1 aliphatic rings. The summed E-state index contributed by atoms with van der Waals surface area (Å²) in [5.74, 6) is 0. The number of nitrogens with zero attached hydrogens (tertiary/aromatic N) is 2. The highest BCUT2D eigenvalue weighted by molar-refractivity contribution is 5.72. The zero-order valence-corrected chi connectivity index (χ0v) is 10.3. The number of para-hydroxylation sites is 2. The first kappa shape index (κ1) is 11.2. The van der Waals surface area contributed by atoms with Crippen molar-refractivity contribution in [1.29, 1.82) is 0 Å². The highest BCUT2D eigenvalue weighted by atomic mass is 15.0. The summed E-state index contributed by atoms with van der Waals surface area (Å²) >= 11 is 0. The highest BCUT2D eigenvalue weighted by Crippen LogP contribution is 2.23. The van der Waals surface area contributed by atoms with Crippen LogP contribution in [-0.4, -0.2) is 23.4 Å². The number of rotatable bonds is 3. The van der Waals surface area contributed by atoms with Gasteiger partial charge in [0.1, 0.15) is 0 Å². The first-order valence-corrected chi connectivity index (χ1v) is 6.43. The van der Waals surface area contributed by atoms with E-state index >= 15 is 0 Å². The second-order valence-corrected chi connectivity index (χ2v) is 4.56. The van der Waals surface area contributed by atoms with Gasteiger partial charge in [0.25, 0.3) is 0 Å². The molecule has 18 heavy (non-hydrogen) atoms. The zero-order chi connectivity index (χ0) is 12.2. The molecule has 2 heterocycles. The molecule has 0 spiro atoms. The molecule has 92 valence electrons. The Morgan fingerprint density at radius 1 is 1.17 bits per heavy atom. The van der Waals surface area contributed by atoms with Gasteiger partial charge < -0.3 is 9.88 Å². The normalized spacial score (nSPS) is 19.7. The Morgan fingerprint density at radius 2 is 2.00 bits per heavy atom. The molecule has 0 amide bonds. The molecule has 0 saturated carbocycles. The molecule has 1 N–H and O–H groups in total. The van der Waals surface area contributed by atoms with Crippen LogP contribution >= 0.6 is 0 Å². The topological polar surface area (TPSA) is 29.3 Å². The number of benzene rings is 1. The summed E-state index contributed by atoms with van der Waals surface area (Å²) in [6, 6.07) is 12.7. The smallest absolute Gasteiger partial charge is 0.0866 e. The number of aromatic nitrogens is 1. The number of nitrogens with one attached hydrogen (secondary N) is 1. The van der Waals surface area contributed by atoms with Crippen molar-refractivity contribution in [2.75, 3.05) is 6.54 Å². The SMILES string of the molecule is C(=Nc1ccccc1-n1cccc1)C1CCCN1. The van der Waals surface area contributed by atoms with Gasteiger partial charge in [0, 0.05) is 24.7 Å². The summed E-state index contributed by atoms with van der Waals surface area (Å²) in [5, 5.41) is 3.42. The van der Waals surface area contributed by atoms with Crippen LogP contribution in [0.3, 0.4) is 0 Å². The van der Waals surface area contributed by atoms with Gasteiger partial charge in [-0.3, -0.25) is 4.99 Å². The molecular formula is C15H17N3. The van der Waals surface area contributed by atoms with Crippen LogP contribution in [0.25, 0.3) is 5.69 Å². The van der Waals surface area contributed by atoms with Gasteiger partial charge in [0.05, 0.1) is 11.4 Å². The second kappa shape index (κ2) is 5.19. The maximum atomic E-state index is 4.64. The molecule has 1 atom stereocenters. The van der Waals surface area contributed by atoms with Crippen molar-refractivity contribution < 1.29 is 0 Å². The minimum Gasteiger partial charge on any atom is -0.322 e. The third kappa shape index (κ3) is 2.36. The molecule has 1 aromatic heterocycles. The third-order valence-electron chi connectivity index (χ3n) is 3.26. The summed E-state index contributed by atoms with van der Waals surface area (Å²) in [7, 11) is 0. The molecule has 1 aliphatic heterocycles. The van der Waals surface area contributed by atoms with E-state index in [1.165, 1.54) is 12.8 Å². The van der Waals surface area contributed by atoms with E-state index in [0.717, 1.165) is 17.9 Å². The Hall–Kier alpha value is -1.87. The third-order valence-corrected chi connectivity index (χ3v) is 3.26. The Kier molecular flexibility index (Phi) is 3.24. The fraction of sp³-hybridized carbons (Fsp3) is 0.267. The van der Waals surface area contributed by atoms with Gasteiger partial charge in [0.2, 0.25) is 0 Å². The van der Waals surface area contributed by atoms with Crippen LogP contribution < -0.4 is 5.32 Å². The van der Waals surface area contributed by atoms with Gasteiger partial charge in [-0.15, -0.1) is 0 Å². The van der Waals surface area contributed by atoms with E-state index in [1.807, 2.05) is 42.9 Å². The number of aliphatic imine (C=N–C) groups is 1. The van der Waals surface area contributed by atoms with Gasteiger partial charge in [-0.1, -0.05) is 12.1 Å². The van der Waals surface area contributed by atoms with Crippen LogP contribution in [0.5, 0.6) is 0 Å². The average molecular weight is 239 g/mol. The maximum Gasteiger partial charge on any atom is 0.0866 e. The van der Waals surface area contributed by atoms with E-state index in [4.69, 9.17) is 0 Å². The monoisotopic (exact) mass is 239 g/mol. The molecule has 3 nitrogen and oxygen atoms in total. The lowest BCUT2D eigenvalue weighted by atomic mass is 10.2. The van der Waals surface area contributed by atoms with Crippen molar-refractivity contribution in [1.82, 2.24) is 9.88 Å². The van der Waals surface area contributed by atoms with E-state index in [1.54, 1.807) is 0 Å². The van der Waals surface area contributed by atoms with Crippen molar-refractivity contribution in [3.8, 4) is 5.69 Å². The summed E-state index contributed by atoms with van der Waals surface area (Å²) < 4.78 is 2.09. The summed E-state index contributed by atoms with van der Waals surface area (Å²) in [6.45, 7) is 1.11. The van der Waals surface area contributed by atoms with Crippen LogP contribution in [0.2, 0.25) is 0 Å². The molecule has 3 heteroatoms. The predicted molar refractivity (Wildman–Crippen MR) is 74.9 cm³/mol. The van der Waals surface area contributed by atoms with E-state index in [0.29, 0.717) is 6.04 Å². The van der Waals surface area contributed by atoms with E-state index < -0.39 is 0 Å². The van der Waals surface area contributed by atoms with Crippen LogP contribution in [-0.2, 0) is 0 Å². The lowest BCUT2D eigenvalue weighted by molar-refractivity contribution is 0.774. The van der Waals surface area contributed by atoms with E-state index in [2.05, 4.69) is 27.0 Å². The fourth-order valence-electron chi connectivity index (χ4n) is 2.30. The molecule has 1 saturated heterocycles. The van der Waals surface area contributed by atoms with E-state index in [9.17, 15) is 0 Å². The molecule has 1 fully saturated rings. The van der Waals surface area contributed by atoms with E-state index in [-0.39, 0.29) is 0 Å². The average Bonchev–Trinajstić information content (AvgIpc) is 3.10. The van der Waals surface area contributed by atoms with Crippen molar-refractivity contribution >= 4 is 11.9 Å². The van der Waals surface area contributed by atoms with Gasteiger partial charge in [-0.05, 0) is 43.7 Å². The molecular weight excluding hydrogens is 222 g/mol. The van der Waals surface area contributed by atoms with Crippen LogP contribution in [0.15, 0.2) is 53.8 Å². The second-order valence-electron chi connectivity index (χ2n) is 4.56. The first-order valence-electron chi connectivity index (χ1n) is 6.43. The fourth-order valence-corrected chi connectivity index (χ4v) is 2.30. The molecule has 1 aromatic carbocycles. The molecule has 0 radical (unpaired) electrons. The Balaban J connectivity index is 1.87. The van der Waals surface area contributed by atoms with Gasteiger partial charge >= 0.3 is 0 Å². The summed E-state index contributed by atoms with van der Waals surface area (Å²) in [5.41, 5.74) is 2.14. The number of hydrogen-bond acceptors (Lipinski definition) is 2. The molecule has 0 bridgehead atoms. The van der Waals surface area contributed by atoms with Crippen molar-refractivity contribution in [3.63, 3.8) is 0 Å². The van der Waals surface area contributed by atoms with Crippen LogP contribution in [0.4, 0.5) is 5.69 Å². The van der Waals surface area contributed by atoms with Gasteiger partial charge in [-0.2, -0.15) is 0 Å². The minimum absolute atomic E-state index is 0.433. The standard InChI is InChI=1S/C15H17N3/c1-2-8-15(18-10-3-4-11-18)14(7-1)17-12-13-6-5-9-16-13/h1-4,7-8,10-13,16H,5-6,9H2. The number of hydrogen-bond donors (Lipinski definition) is 1. The summed E-state index contributed by atoms with van der Waals surface area (Å²) in [6.07, 6.45) is 8.56. The predicted octanol–water partition coefficient (Wildman–Crippen LogP) is 2.93. The summed E-state index contributed by atoms with van der Waals surface area (Å²) in [4.78, 5) is 4.64. The first-order chi connectivity index (χ1) is 8.93. The Bertz CT molecular complexity index is 522. The van der Waals surface area contributed by atoms with Crippen molar-refractivity contribution in [3.05, 3.63) is 48.8 Å². The highest BCUT2D eigenvalue weighted by Gasteiger charge is 2.11. The Morgan fingerprint density at radius 3 is 2.78 bits per heavy atom. The minimum atomic E-state index is 0.433. The molecule has 1 unspecified atom stereocenters.